The Morgan fingerprint density at radius 1 is 1.60 bits per heavy atom. The molecule has 0 amide bonds. The van der Waals surface area contributed by atoms with Gasteiger partial charge in [0.25, 0.3) is 0 Å². The Hall–Kier alpha value is -0.0300. The molecule has 3 nitrogen and oxygen atoms in total. The molecule has 1 aliphatic heterocycles. The average molecular weight is 290 g/mol. The summed E-state index contributed by atoms with van der Waals surface area (Å²) in [7, 11) is 0. The van der Waals surface area contributed by atoms with Crippen LogP contribution in [0.25, 0.3) is 0 Å². The second-order valence-electron chi connectivity index (χ2n) is 4.23. The van der Waals surface area contributed by atoms with Crippen molar-refractivity contribution in [2.75, 3.05) is 11.5 Å². The highest BCUT2D eigenvalue weighted by atomic mass is 79.9. The van der Waals surface area contributed by atoms with E-state index in [1.165, 1.54) is 11.5 Å². The van der Waals surface area contributed by atoms with E-state index in [4.69, 9.17) is 0 Å². The van der Waals surface area contributed by atoms with Gasteiger partial charge in [0.15, 0.2) is 0 Å². The van der Waals surface area contributed by atoms with Crippen molar-refractivity contribution in [1.29, 1.82) is 0 Å². The van der Waals surface area contributed by atoms with Gasteiger partial charge in [0.2, 0.25) is 0 Å². The summed E-state index contributed by atoms with van der Waals surface area (Å²) in [4.78, 5) is 5.00. The van der Waals surface area contributed by atoms with Crippen molar-refractivity contribution in [2.45, 2.75) is 31.1 Å². The van der Waals surface area contributed by atoms with Crippen LogP contribution in [0, 0.1) is 5.92 Å². The number of halogens is 1. The summed E-state index contributed by atoms with van der Waals surface area (Å²) in [6, 6.07) is 0.408. The average Bonchev–Trinajstić information content (AvgIpc) is 2.77. The minimum atomic E-state index is 0.408. The molecule has 1 aliphatic rings. The van der Waals surface area contributed by atoms with Gasteiger partial charge < -0.3 is 0 Å². The van der Waals surface area contributed by atoms with Gasteiger partial charge in [-0.15, -0.1) is 0 Å². The second-order valence-corrected chi connectivity index (χ2v) is 6.48. The van der Waals surface area contributed by atoms with Gasteiger partial charge in [0.05, 0.1) is 0 Å². The van der Waals surface area contributed by atoms with Crippen LogP contribution in [0.3, 0.4) is 0 Å². The van der Waals surface area contributed by atoms with Crippen LogP contribution in [-0.4, -0.2) is 31.1 Å². The van der Waals surface area contributed by atoms with E-state index in [9.17, 15) is 0 Å². The van der Waals surface area contributed by atoms with Gasteiger partial charge in [-0.3, -0.25) is 0 Å². The summed E-state index contributed by atoms with van der Waals surface area (Å²) in [5.41, 5.74) is 0. The lowest BCUT2D eigenvalue weighted by Gasteiger charge is -2.14. The van der Waals surface area contributed by atoms with E-state index in [-0.39, 0.29) is 0 Å². The van der Waals surface area contributed by atoms with E-state index in [2.05, 4.69) is 39.9 Å². The van der Waals surface area contributed by atoms with Gasteiger partial charge in [0.1, 0.15) is 12.2 Å². The number of thioether (sulfide) groups is 1. The quantitative estimate of drug-likeness (QED) is 0.801. The number of alkyl halides is 1. The van der Waals surface area contributed by atoms with Gasteiger partial charge in [-0.25, -0.2) is 9.67 Å². The molecule has 1 saturated heterocycles. The highest BCUT2D eigenvalue weighted by molar-refractivity contribution is 9.09. The Morgan fingerprint density at radius 3 is 3.00 bits per heavy atom. The van der Waals surface area contributed by atoms with Gasteiger partial charge in [-0.2, -0.15) is 16.9 Å². The van der Waals surface area contributed by atoms with Crippen molar-refractivity contribution >= 4 is 27.7 Å². The maximum absolute atomic E-state index is 4.36. The summed E-state index contributed by atoms with van der Waals surface area (Å²) < 4.78 is 2.03. The molecular weight excluding hydrogens is 274 g/mol. The molecule has 0 N–H and O–H groups in total. The largest absolute Gasteiger partial charge is 0.248 e. The van der Waals surface area contributed by atoms with Crippen LogP contribution in [0.15, 0.2) is 6.33 Å². The summed E-state index contributed by atoms with van der Waals surface area (Å²) in [6.07, 6.45) is 2.71. The van der Waals surface area contributed by atoms with Crippen molar-refractivity contribution in [3.05, 3.63) is 12.2 Å². The number of hydrogen-bond donors (Lipinski definition) is 0. The molecule has 2 atom stereocenters. The molecule has 0 bridgehead atoms. The molecule has 2 heterocycles. The van der Waals surface area contributed by atoms with Crippen LogP contribution < -0.4 is 0 Å². The molecule has 0 aromatic carbocycles. The fraction of sp³-hybridized carbons (Fsp3) is 0.800. The zero-order chi connectivity index (χ0) is 10.8. The molecule has 1 aromatic heterocycles. The topological polar surface area (TPSA) is 30.7 Å². The zero-order valence-electron chi connectivity index (χ0n) is 9.06. The van der Waals surface area contributed by atoms with Crippen molar-refractivity contribution < 1.29 is 0 Å². The lowest BCUT2D eigenvalue weighted by atomic mass is 10.0. The first kappa shape index (κ1) is 11.5. The van der Waals surface area contributed by atoms with Crippen LogP contribution >= 0.6 is 27.7 Å². The Labute approximate surface area is 103 Å². The Balaban J connectivity index is 2.06. The Morgan fingerprint density at radius 2 is 2.40 bits per heavy atom. The highest BCUT2D eigenvalue weighted by Gasteiger charge is 2.27. The van der Waals surface area contributed by atoms with Crippen LogP contribution in [-0.2, 0) is 6.42 Å². The van der Waals surface area contributed by atoms with Crippen LogP contribution in [0.1, 0.15) is 25.7 Å². The number of rotatable bonds is 3. The van der Waals surface area contributed by atoms with E-state index in [1.807, 2.05) is 16.4 Å². The van der Waals surface area contributed by atoms with Crippen molar-refractivity contribution in [3.8, 4) is 0 Å². The molecule has 5 heteroatoms. The molecule has 2 unspecified atom stereocenters. The minimum Gasteiger partial charge on any atom is -0.248 e. The first-order valence-corrected chi connectivity index (χ1v) is 7.35. The molecule has 2 rings (SSSR count). The van der Waals surface area contributed by atoms with Gasteiger partial charge in [-0.1, -0.05) is 15.9 Å². The van der Waals surface area contributed by atoms with E-state index in [0.717, 1.165) is 12.2 Å². The molecule has 1 aromatic rings. The summed E-state index contributed by atoms with van der Waals surface area (Å²) >= 11 is 5.76. The minimum absolute atomic E-state index is 0.408. The van der Waals surface area contributed by atoms with E-state index in [0.29, 0.717) is 16.8 Å². The van der Waals surface area contributed by atoms with E-state index < -0.39 is 0 Å². The maximum atomic E-state index is 4.36. The SMILES string of the molecule is CC(C)n1ncnc1CC1CSCC1Br. The summed E-state index contributed by atoms with van der Waals surface area (Å²) in [6.45, 7) is 4.29. The number of nitrogens with zero attached hydrogens (tertiary/aromatic N) is 3. The molecule has 1 fully saturated rings. The van der Waals surface area contributed by atoms with Crippen LogP contribution in [0.4, 0.5) is 0 Å². The molecule has 0 aliphatic carbocycles. The second kappa shape index (κ2) is 4.87. The van der Waals surface area contributed by atoms with Crippen molar-refractivity contribution in [2.24, 2.45) is 5.92 Å². The summed E-state index contributed by atoms with van der Waals surface area (Å²) in [5, 5.41) is 4.27. The van der Waals surface area contributed by atoms with Gasteiger partial charge >= 0.3 is 0 Å². The van der Waals surface area contributed by atoms with Crippen LogP contribution in [0.2, 0.25) is 0 Å². The predicted molar refractivity (Wildman–Crippen MR) is 67.6 cm³/mol. The fourth-order valence-electron chi connectivity index (χ4n) is 1.85. The third-order valence-corrected chi connectivity index (χ3v) is 5.46. The van der Waals surface area contributed by atoms with Crippen LogP contribution in [0.5, 0.6) is 0 Å². The van der Waals surface area contributed by atoms with Crippen molar-refractivity contribution in [1.82, 2.24) is 14.8 Å². The summed E-state index contributed by atoms with van der Waals surface area (Å²) in [5.74, 6) is 4.29. The molecule has 0 spiro atoms. The Bertz CT molecular complexity index is 326. The normalized spacial score (nSPS) is 26.4. The lowest BCUT2D eigenvalue weighted by Crippen LogP contribution is -2.18. The third-order valence-electron chi connectivity index (χ3n) is 2.70. The first-order valence-electron chi connectivity index (χ1n) is 5.28. The van der Waals surface area contributed by atoms with Crippen molar-refractivity contribution in [3.63, 3.8) is 0 Å². The molecule has 0 radical (unpaired) electrons. The monoisotopic (exact) mass is 289 g/mol. The maximum Gasteiger partial charge on any atom is 0.138 e. The standard InChI is InChI=1S/C10H16BrN3S/c1-7(2)14-10(12-6-13-14)3-8-4-15-5-9(8)11/h6-9H,3-5H2,1-2H3. The first-order chi connectivity index (χ1) is 7.18. The van der Waals surface area contributed by atoms with E-state index >= 15 is 0 Å². The Kier molecular flexibility index (Phi) is 3.72. The molecular formula is C10H16BrN3S. The fourth-order valence-corrected chi connectivity index (χ4v) is 4.31. The van der Waals surface area contributed by atoms with E-state index in [1.54, 1.807) is 6.33 Å². The number of aromatic nitrogens is 3. The molecule has 0 saturated carbocycles. The predicted octanol–water partition coefficient (Wildman–Crippen LogP) is 2.53. The highest BCUT2D eigenvalue weighted by Crippen LogP contribution is 2.32. The smallest absolute Gasteiger partial charge is 0.138 e. The van der Waals surface area contributed by atoms with Gasteiger partial charge in [0, 0.05) is 23.0 Å². The third kappa shape index (κ3) is 2.56. The zero-order valence-corrected chi connectivity index (χ0v) is 11.5. The lowest BCUT2D eigenvalue weighted by molar-refractivity contribution is 0.479. The van der Waals surface area contributed by atoms with Gasteiger partial charge in [-0.05, 0) is 25.5 Å². The number of hydrogen-bond acceptors (Lipinski definition) is 3. The molecule has 84 valence electrons. The molecule has 15 heavy (non-hydrogen) atoms.